The first-order valence-corrected chi connectivity index (χ1v) is 22.6. The van der Waals surface area contributed by atoms with Crippen LogP contribution in [0.5, 0.6) is 0 Å². The van der Waals surface area contributed by atoms with Crippen molar-refractivity contribution in [3.63, 3.8) is 0 Å². The molecule has 10 nitrogen and oxygen atoms in total. The van der Waals surface area contributed by atoms with Crippen LogP contribution >= 0.6 is 0 Å². The van der Waals surface area contributed by atoms with E-state index in [1.807, 2.05) is 139 Å². The van der Waals surface area contributed by atoms with Crippen LogP contribution in [-0.4, -0.2) is 49.3 Å². The topological polar surface area (TPSA) is 133 Å². The molecule has 6 aromatic carbocycles. The van der Waals surface area contributed by atoms with Gasteiger partial charge in [-0.15, -0.1) is 0 Å². The Morgan fingerprint density at radius 3 is 1.12 bits per heavy atom. The molecule has 0 radical (unpaired) electrons. The predicted molar refractivity (Wildman–Crippen MR) is 239 cm³/mol. The number of anilines is 2. The molecule has 310 valence electrons. The summed E-state index contributed by atoms with van der Waals surface area (Å²) in [6.07, 6.45) is 0. The van der Waals surface area contributed by atoms with Crippen LogP contribution < -0.4 is 10.6 Å². The Bertz CT molecular complexity index is 2500. The first-order chi connectivity index (χ1) is 28.5. The molecular formula is C48H50N4O6S2. The monoisotopic (exact) mass is 842 g/mol. The highest BCUT2D eigenvalue weighted by Gasteiger charge is 2.29. The maximum atomic E-state index is 13.6. The van der Waals surface area contributed by atoms with Crippen LogP contribution in [0.1, 0.15) is 70.7 Å². The lowest BCUT2D eigenvalue weighted by Gasteiger charge is -2.26. The van der Waals surface area contributed by atoms with Gasteiger partial charge in [0.15, 0.2) is 0 Å². The third kappa shape index (κ3) is 10.1. The van der Waals surface area contributed by atoms with Crippen molar-refractivity contribution in [1.29, 1.82) is 0 Å². The molecule has 0 unspecified atom stereocenters. The van der Waals surface area contributed by atoms with E-state index in [2.05, 4.69) is 10.6 Å². The minimum atomic E-state index is -3.82. The van der Waals surface area contributed by atoms with E-state index in [0.29, 0.717) is 22.5 Å². The number of hydrogen-bond acceptors (Lipinski definition) is 6. The highest BCUT2D eigenvalue weighted by Crippen LogP contribution is 2.30. The number of rotatable bonds is 15. The third-order valence-electron chi connectivity index (χ3n) is 10.2. The van der Waals surface area contributed by atoms with E-state index >= 15 is 0 Å². The van der Waals surface area contributed by atoms with Crippen molar-refractivity contribution in [2.24, 2.45) is 0 Å². The largest absolute Gasteiger partial charge is 0.322 e. The van der Waals surface area contributed by atoms with Gasteiger partial charge in [0, 0.05) is 47.7 Å². The van der Waals surface area contributed by atoms with Gasteiger partial charge < -0.3 is 10.6 Å². The molecule has 6 aromatic rings. The van der Waals surface area contributed by atoms with Crippen LogP contribution in [0, 0.1) is 13.8 Å². The fourth-order valence-electron chi connectivity index (χ4n) is 6.80. The van der Waals surface area contributed by atoms with Gasteiger partial charge in [0.1, 0.15) is 0 Å². The molecule has 0 aliphatic heterocycles. The number of nitrogens with one attached hydrogen (secondary N) is 2. The second-order valence-electron chi connectivity index (χ2n) is 15.3. The van der Waals surface area contributed by atoms with Gasteiger partial charge >= 0.3 is 0 Å². The van der Waals surface area contributed by atoms with Gasteiger partial charge in [-0.25, -0.2) is 16.8 Å². The molecule has 60 heavy (non-hydrogen) atoms. The molecule has 2 amide bonds. The molecule has 0 aromatic heterocycles. The molecule has 0 heterocycles. The molecule has 0 saturated carbocycles. The van der Waals surface area contributed by atoms with Crippen molar-refractivity contribution in [3.05, 3.63) is 179 Å². The highest BCUT2D eigenvalue weighted by molar-refractivity contribution is 7.89. The summed E-state index contributed by atoms with van der Waals surface area (Å²) in [7, 11) is -7.64. The van der Waals surface area contributed by atoms with Crippen molar-refractivity contribution >= 4 is 43.2 Å². The number of carbonyl (C=O) groups is 2. The van der Waals surface area contributed by atoms with Gasteiger partial charge in [-0.2, -0.15) is 8.61 Å². The summed E-state index contributed by atoms with van der Waals surface area (Å²) in [6, 6.07) is 41.6. The van der Waals surface area contributed by atoms with Gasteiger partial charge in [0.05, 0.1) is 9.79 Å². The molecule has 0 saturated heterocycles. The minimum Gasteiger partial charge on any atom is -0.322 e. The van der Waals surface area contributed by atoms with Crippen molar-refractivity contribution in [1.82, 2.24) is 8.61 Å². The first kappa shape index (κ1) is 43.7. The maximum absolute atomic E-state index is 13.6. The molecular weight excluding hydrogens is 793 g/mol. The fraction of sp³-hybridized carbons (Fsp3) is 0.208. The van der Waals surface area contributed by atoms with Crippen molar-refractivity contribution < 1.29 is 26.4 Å². The Morgan fingerprint density at radius 1 is 0.483 bits per heavy atom. The van der Waals surface area contributed by atoms with E-state index in [0.717, 1.165) is 33.4 Å². The zero-order valence-corrected chi connectivity index (χ0v) is 36.2. The van der Waals surface area contributed by atoms with Crippen LogP contribution in [0.15, 0.2) is 155 Å². The maximum Gasteiger partial charge on any atom is 0.255 e. The Kier molecular flexibility index (Phi) is 13.5. The smallest absolute Gasteiger partial charge is 0.255 e. The molecule has 0 spiro atoms. The van der Waals surface area contributed by atoms with Crippen LogP contribution in [0.3, 0.4) is 0 Å². The SMILES string of the molecule is Cc1cc(-c2ccc(NC(=O)c3ccc(S(=O)(=O)N(Cc4ccccc4)C(C)C)cc3)c(C)c2)ccc1NC(=O)c1ccc(S(=O)(=O)N(Cc2ccccc2)C(C)C)cc1. The number of carbonyl (C=O) groups excluding carboxylic acids is 2. The van der Waals surface area contributed by atoms with Crippen molar-refractivity contribution in [2.45, 2.75) is 76.5 Å². The molecule has 12 heteroatoms. The summed E-state index contributed by atoms with van der Waals surface area (Å²) in [5.41, 5.74) is 7.10. The number of nitrogens with zero attached hydrogens (tertiary/aromatic N) is 2. The van der Waals surface area contributed by atoms with Gasteiger partial charge in [-0.05, 0) is 148 Å². The first-order valence-electron chi connectivity index (χ1n) is 19.7. The zero-order chi connectivity index (χ0) is 43.2. The standard InChI is InChI=1S/C48H50N4O6S2/c1-33(2)51(31-37-13-9-7-10-14-37)59(55,56)43-23-17-39(18-24-43)47(53)49-45-27-21-41(29-35(45)5)42-22-28-46(36(6)30-42)50-48(54)40-19-25-44(26-20-40)60(57,58)52(34(3)4)32-38-15-11-8-12-16-38/h7-30,33-34H,31-32H2,1-6H3,(H,49,53)(H,50,54). The van der Waals surface area contributed by atoms with Crippen molar-refractivity contribution in [3.8, 4) is 11.1 Å². The van der Waals surface area contributed by atoms with Crippen LogP contribution in [0.25, 0.3) is 11.1 Å². The second-order valence-corrected chi connectivity index (χ2v) is 19.1. The summed E-state index contributed by atoms with van der Waals surface area (Å²) in [6.45, 7) is 11.6. The Labute approximate surface area is 354 Å². The quantitative estimate of drug-likeness (QED) is 0.106. The average molecular weight is 843 g/mol. The second kappa shape index (κ2) is 18.6. The Hall–Kier alpha value is -5.92. The highest BCUT2D eigenvalue weighted by atomic mass is 32.2. The van der Waals surface area contributed by atoms with E-state index in [4.69, 9.17) is 0 Å². The number of sulfonamides is 2. The van der Waals surface area contributed by atoms with Gasteiger partial charge in [-0.3, -0.25) is 9.59 Å². The van der Waals surface area contributed by atoms with E-state index in [1.165, 1.54) is 57.1 Å². The van der Waals surface area contributed by atoms with Crippen LogP contribution in [-0.2, 0) is 33.1 Å². The van der Waals surface area contributed by atoms with Crippen LogP contribution in [0.2, 0.25) is 0 Å². The van der Waals surface area contributed by atoms with Gasteiger partial charge in [0.2, 0.25) is 20.0 Å². The average Bonchev–Trinajstić information content (AvgIpc) is 3.23. The van der Waals surface area contributed by atoms with Crippen molar-refractivity contribution in [2.75, 3.05) is 10.6 Å². The predicted octanol–water partition coefficient (Wildman–Crippen LogP) is 9.67. The summed E-state index contributed by atoms with van der Waals surface area (Å²) in [5, 5.41) is 5.89. The third-order valence-corrected chi connectivity index (χ3v) is 14.3. The lowest BCUT2D eigenvalue weighted by Crippen LogP contribution is -2.36. The lowest BCUT2D eigenvalue weighted by atomic mass is 9.99. The van der Waals surface area contributed by atoms with E-state index in [-0.39, 0.29) is 46.8 Å². The lowest BCUT2D eigenvalue weighted by molar-refractivity contribution is 0.101. The molecule has 0 aliphatic carbocycles. The molecule has 6 rings (SSSR count). The summed E-state index contributed by atoms with van der Waals surface area (Å²) < 4.78 is 57.2. The number of benzene rings is 6. The number of hydrogen-bond donors (Lipinski definition) is 2. The van der Waals surface area contributed by atoms with Gasteiger partial charge in [-0.1, -0.05) is 72.8 Å². The minimum absolute atomic E-state index is 0.111. The van der Waals surface area contributed by atoms with E-state index in [9.17, 15) is 26.4 Å². The molecule has 0 bridgehead atoms. The van der Waals surface area contributed by atoms with E-state index in [1.54, 1.807) is 0 Å². The molecule has 2 N–H and O–H groups in total. The number of aryl methyl sites for hydroxylation is 2. The molecule has 0 aliphatic rings. The van der Waals surface area contributed by atoms with Crippen LogP contribution in [0.4, 0.5) is 11.4 Å². The van der Waals surface area contributed by atoms with E-state index < -0.39 is 20.0 Å². The fourth-order valence-corrected chi connectivity index (χ4v) is 10.1. The normalized spacial score (nSPS) is 12.0. The molecule has 0 atom stereocenters. The Balaban J connectivity index is 1.08. The Morgan fingerprint density at radius 2 is 0.817 bits per heavy atom. The summed E-state index contributed by atoms with van der Waals surface area (Å²) >= 11 is 0. The summed E-state index contributed by atoms with van der Waals surface area (Å²) in [4.78, 5) is 26.8. The van der Waals surface area contributed by atoms with Gasteiger partial charge in [0.25, 0.3) is 11.8 Å². The number of amides is 2. The zero-order valence-electron chi connectivity index (χ0n) is 34.6. The summed E-state index contributed by atoms with van der Waals surface area (Å²) in [5.74, 6) is -0.736. The molecule has 0 fully saturated rings.